The summed E-state index contributed by atoms with van der Waals surface area (Å²) in [4.78, 5) is 23.4. The Morgan fingerprint density at radius 2 is 1.63 bits per heavy atom. The summed E-state index contributed by atoms with van der Waals surface area (Å²) in [6, 6.07) is 16.3. The fraction of sp³-hybridized carbons (Fsp3) is 0.200. The third-order valence-corrected chi connectivity index (χ3v) is 3.43. The SMILES string of the molecule is COc1ccc(C(=O)NNC(=O)OCC=CCOCc2ccccc2)cc1. The lowest BCUT2D eigenvalue weighted by molar-refractivity contribution is 0.0915. The van der Waals surface area contributed by atoms with Crippen LogP contribution in [0.25, 0.3) is 0 Å². The van der Waals surface area contributed by atoms with Crippen LogP contribution >= 0.6 is 0 Å². The van der Waals surface area contributed by atoms with Crippen LogP contribution in [-0.2, 0) is 16.1 Å². The second-order valence-electron chi connectivity index (χ2n) is 5.38. The van der Waals surface area contributed by atoms with Crippen LogP contribution in [0, 0.1) is 0 Å². The molecule has 7 heteroatoms. The van der Waals surface area contributed by atoms with Gasteiger partial charge in [0.25, 0.3) is 5.91 Å². The summed E-state index contributed by atoms with van der Waals surface area (Å²) < 4.78 is 15.4. The van der Waals surface area contributed by atoms with E-state index in [1.165, 1.54) is 7.11 Å². The highest BCUT2D eigenvalue weighted by molar-refractivity contribution is 5.95. The molecule has 0 heterocycles. The van der Waals surface area contributed by atoms with Crippen LogP contribution in [0.15, 0.2) is 66.7 Å². The standard InChI is InChI=1S/C20H22N2O5/c1-25-18-11-9-17(10-12-18)19(23)21-22-20(24)27-14-6-5-13-26-15-16-7-3-2-4-8-16/h2-12H,13-15H2,1H3,(H,21,23)(H,22,24). The molecule has 0 aliphatic heterocycles. The lowest BCUT2D eigenvalue weighted by Crippen LogP contribution is -2.41. The Morgan fingerprint density at radius 3 is 2.33 bits per heavy atom. The number of carbonyl (C=O) groups excluding carboxylic acids is 2. The Kier molecular flexibility index (Phi) is 8.39. The molecule has 2 aromatic rings. The van der Waals surface area contributed by atoms with E-state index in [9.17, 15) is 9.59 Å². The van der Waals surface area contributed by atoms with E-state index in [1.807, 2.05) is 30.3 Å². The molecule has 0 aliphatic rings. The molecule has 27 heavy (non-hydrogen) atoms. The van der Waals surface area contributed by atoms with E-state index in [4.69, 9.17) is 14.2 Å². The van der Waals surface area contributed by atoms with Crippen molar-refractivity contribution in [2.75, 3.05) is 20.3 Å². The first kappa shape index (κ1) is 20.0. The minimum Gasteiger partial charge on any atom is -0.497 e. The topological polar surface area (TPSA) is 85.9 Å². The molecule has 0 saturated carbocycles. The molecule has 0 saturated heterocycles. The maximum atomic E-state index is 11.9. The molecular formula is C20H22N2O5. The van der Waals surface area contributed by atoms with Crippen molar-refractivity contribution in [3.63, 3.8) is 0 Å². The lowest BCUT2D eigenvalue weighted by Gasteiger charge is -2.07. The third-order valence-electron chi connectivity index (χ3n) is 3.43. The Morgan fingerprint density at radius 1 is 0.926 bits per heavy atom. The molecule has 7 nitrogen and oxygen atoms in total. The Hall–Kier alpha value is -3.32. The molecule has 2 N–H and O–H groups in total. The van der Waals surface area contributed by atoms with E-state index in [1.54, 1.807) is 36.4 Å². The maximum Gasteiger partial charge on any atom is 0.426 e. The summed E-state index contributed by atoms with van der Waals surface area (Å²) in [6.07, 6.45) is 2.66. The fourth-order valence-electron chi connectivity index (χ4n) is 2.04. The summed E-state index contributed by atoms with van der Waals surface area (Å²) in [5.74, 6) is 0.179. The van der Waals surface area contributed by atoms with Crippen LogP contribution < -0.4 is 15.6 Å². The molecule has 0 bridgehead atoms. The van der Waals surface area contributed by atoms with Gasteiger partial charge in [0.1, 0.15) is 12.4 Å². The van der Waals surface area contributed by atoms with Crippen LogP contribution in [0.2, 0.25) is 0 Å². The van der Waals surface area contributed by atoms with Crippen molar-refractivity contribution in [2.24, 2.45) is 0 Å². The fourth-order valence-corrected chi connectivity index (χ4v) is 2.04. The number of rotatable bonds is 8. The highest BCUT2D eigenvalue weighted by Crippen LogP contribution is 2.10. The molecule has 0 aliphatic carbocycles. The number of hydrogen-bond donors (Lipinski definition) is 2. The molecule has 0 aromatic heterocycles. The van der Waals surface area contributed by atoms with Crippen LogP contribution in [-0.4, -0.2) is 32.3 Å². The Bertz CT molecular complexity index is 745. The lowest BCUT2D eigenvalue weighted by atomic mass is 10.2. The predicted octanol–water partition coefficient (Wildman–Crippen LogP) is 2.84. The molecule has 0 atom stereocenters. The van der Waals surface area contributed by atoms with Gasteiger partial charge >= 0.3 is 6.09 Å². The Balaban J connectivity index is 1.56. The van der Waals surface area contributed by atoms with E-state index in [2.05, 4.69) is 10.9 Å². The molecule has 0 radical (unpaired) electrons. The third kappa shape index (κ3) is 7.62. The molecule has 0 fully saturated rings. The normalized spacial score (nSPS) is 10.4. The van der Waals surface area contributed by atoms with Crippen LogP contribution in [0.4, 0.5) is 4.79 Å². The van der Waals surface area contributed by atoms with E-state index in [-0.39, 0.29) is 6.61 Å². The van der Waals surface area contributed by atoms with Gasteiger partial charge in [-0.25, -0.2) is 10.2 Å². The van der Waals surface area contributed by atoms with Gasteiger partial charge in [-0.3, -0.25) is 10.2 Å². The second kappa shape index (κ2) is 11.3. The largest absolute Gasteiger partial charge is 0.497 e. The zero-order valence-electron chi connectivity index (χ0n) is 15.0. The molecule has 2 amide bonds. The van der Waals surface area contributed by atoms with Gasteiger partial charge in [0, 0.05) is 5.56 Å². The van der Waals surface area contributed by atoms with Gasteiger partial charge in [-0.1, -0.05) is 36.4 Å². The Labute approximate surface area is 157 Å². The van der Waals surface area contributed by atoms with Gasteiger partial charge in [0.2, 0.25) is 0 Å². The average molecular weight is 370 g/mol. The summed E-state index contributed by atoms with van der Waals surface area (Å²) >= 11 is 0. The minimum absolute atomic E-state index is 0.0684. The molecule has 0 unspecified atom stereocenters. The van der Waals surface area contributed by atoms with Gasteiger partial charge in [-0.2, -0.15) is 0 Å². The highest BCUT2D eigenvalue weighted by Gasteiger charge is 2.07. The molecular weight excluding hydrogens is 348 g/mol. The van der Waals surface area contributed by atoms with Crippen LogP contribution in [0.1, 0.15) is 15.9 Å². The number of benzene rings is 2. The van der Waals surface area contributed by atoms with Crippen molar-refractivity contribution >= 4 is 12.0 Å². The van der Waals surface area contributed by atoms with Crippen molar-refractivity contribution in [1.82, 2.24) is 10.9 Å². The molecule has 2 rings (SSSR count). The molecule has 0 spiro atoms. The van der Waals surface area contributed by atoms with E-state index in [0.717, 1.165) is 5.56 Å². The number of methoxy groups -OCH3 is 1. The maximum absolute atomic E-state index is 11.9. The molecule has 142 valence electrons. The summed E-state index contributed by atoms with van der Waals surface area (Å²) in [6.45, 7) is 0.997. The van der Waals surface area contributed by atoms with Crippen LogP contribution in [0.3, 0.4) is 0 Å². The van der Waals surface area contributed by atoms with Crippen molar-refractivity contribution in [2.45, 2.75) is 6.61 Å². The smallest absolute Gasteiger partial charge is 0.426 e. The zero-order valence-corrected chi connectivity index (χ0v) is 15.0. The number of amides is 2. The minimum atomic E-state index is -0.758. The van der Waals surface area contributed by atoms with Gasteiger partial charge in [-0.05, 0) is 35.9 Å². The number of ether oxygens (including phenoxy) is 3. The highest BCUT2D eigenvalue weighted by atomic mass is 16.6. The van der Waals surface area contributed by atoms with Gasteiger partial charge in [-0.15, -0.1) is 0 Å². The zero-order chi connectivity index (χ0) is 19.3. The summed E-state index contributed by atoms with van der Waals surface area (Å²) in [5, 5.41) is 0. The number of nitrogens with one attached hydrogen (secondary N) is 2. The van der Waals surface area contributed by atoms with E-state index >= 15 is 0 Å². The van der Waals surface area contributed by atoms with E-state index in [0.29, 0.717) is 24.5 Å². The number of carbonyl (C=O) groups is 2. The first-order chi connectivity index (χ1) is 13.2. The van der Waals surface area contributed by atoms with Crippen molar-refractivity contribution in [3.05, 3.63) is 77.9 Å². The first-order valence-electron chi connectivity index (χ1n) is 8.33. The predicted molar refractivity (Wildman–Crippen MR) is 100 cm³/mol. The van der Waals surface area contributed by atoms with Crippen molar-refractivity contribution < 1.29 is 23.8 Å². The summed E-state index contributed by atoms with van der Waals surface area (Å²) in [5.41, 5.74) is 5.91. The van der Waals surface area contributed by atoms with E-state index < -0.39 is 12.0 Å². The van der Waals surface area contributed by atoms with Crippen molar-refractivity contribution in [3.8, 4) is 5.75 Å². The summed E-state index contributed by atoms with van der Waals surface area (Å²) in [7, 11) is 1.54. The van der Waals surface area contributed by atoms with Gasteiger partial charge in [0.15, 0.2) is 0 Å². The number of hydrogen-bond acceptors (Lipinski definition) is 5. The second-order valence-corrected chi connectivity index (χ2v) is 5.38. The quantitative estimate of drug-likeness (QED) is 0.424. The number of hydrazine groups is 1. The first-order valence-corrected chi connectivity index (χ1v) is 8.33. The van der Waals surface area contributed by atoms with Gasteiger partial charge in [0.05, 0.1) is 20.3 Å². The van der Waals surface area contributed by atoms with Crippen molar-refractivity contribution in [1.29, 1.82) is 0 Å². The van der Waals surface area contributed by atoms with Gasteiger partial charge < -0.3 is 14.2 Å². The van der Waals surface area contributed by atoms with Crippen LogP contribution in [0.5, 0.6) is 5.75 Å². The average Bonchev–Trinajstić information content (AvgIpc) is 2.72. The monoisotopic (exact) mass is 370 g/mol. The molecule has 2 aromatic carbocycles.